The summed E-state index contributed by atoms with van der Waals surface area (Å²) in [7, 11) is 0. The Bertz CT molecular complexity index is 902. The zero-order valence-corrected chi connectivity index (χ0v) is 15.5. The lowest BCUT2D eigenvalue weighted by Gasteiger charge is -2.39. The summed E-state index contributed by atoms with van der Waals surface area (Å²) in [6.07, 6.45) is -1.19. The molecular formula is C21H24F3N3. The highest BCUT2D eigenvalue weighted by atomic mass is 19.4. The van der Waals surface area contributed by atoms with Gasteiger partial charge >= 0.3 is 6.18 Å². The minimum absolute atomic E-state index is 0.130. The number of pyridine rings is 1. The molecule has 0 amide bonds. The van der Waals surface area contributed by atoms with Crippen LogP contribution in [-0.2, 0) is 11.8 Å². The molecule has 3 N–H and O–H groups in total. The summed E-state index contributed by atoms with van der Waals surface area (Å²) < 4.78 is 42.7. The van der Waals surface area contributed by atoms with Crippen LogP contribution in [0.4, 0.5) is 13.2 Å². The highest BCUT2D eigenvalue weighted by molar-refractivity contribution is 5.84. The molecule has 0 aliphatic carbocycles. The summed E-state index contributed by atoms with van der Waals surface area (Å²) in [6, 6.07) is 11.0. The predicted molar refractivity (Wildman–Crippen MR) is 102 cm³/mol. The van der Waals surface area contributed by atoms with Gasteiger partial charge in [-0.2, -0.15) is 13.2 Å². The molecule has 2 atom stereocenters. The predicted octanol–water partition coefficient (Wildman–Crippen LogP) is 4.90. The van der Waals surface area contributed by atoms with E-state index in [9.17, 15) is 13.2 Å². The molecule has 0 aliphatic heterocycles. The number of nitrogens with zero attached hydrogens (tertiary/aromatic N) is 1. The van der Waals surface area contributed by atoms with Gasteiger partial charge in [-0.3, -0.25) is 4.98 Å². The van der Waals surface area contributed by atoms with Crippen LogP contribution in [0, 0.1) is 12.8 Å². The van der Waals surface area contributed by atoms with Crippen molar-refractivity contribution in [3.63, 3.8) is 0 Å². The molecule has 0 bridgehead atoms. The number of nitrogens with one attached hydrogen (secondary N) is 1. The molecule has 2 aromatic heterocycles. The van der Waals surface area contributed by atoms with Gasteiger partial charge in [0.25, 0.3) is 0 Å². The largest absolute Gasteiger partial charge is 0.393 e. The Hall–Kier alpha value is -2.34. The molecule has 2 unspecified atom stereocenters. The highest BCUT2D eigenvalue weighted by Crippen LogP contribution is 2.46. The fourth-order valence-corrected chi connectivity index (χ4v) is 3.97. The van der Waals surface area contributed by atoms with Crippen LogP contribution in [0.5, 0.6) is 0 Å². The Kier molecular flexibility index (Phi) is 5.29. The quantitative estimate of drug-likeness (QED) is 0.644. The van der Waals surface area contributed by atoms with Gasteiger partial charge in [0.1, 0.15) is 0 Å². The number of fused-ring (bicyclic) bond motifs is 1. The van der Waals surface area contributed by atoms with Gasteiger partial charge in [-0.1, -0.05) is 31.2 Å². The summed E-state index contributed by atoms with van der Waals surface area (Å²) >= 11 is 0. The van der Waals surface area contributed by atoms with Gasteiger partial charge in [0.2, 0.25) is 0 Å². The van der Waals surface area contributed by atoms with Crippen molar-refractivity contribution in [2.75, 3.05) is 6.54 Å². The molecule has 144 valence electrons. The maximum Gasteiger partial charge on any atom is 0.393 e. The molecule has 0 saturated carbocycles. The molecule has 0 aliphatic rings. The molecule has 2 heterocycles. The zero-order valence-electron chi connectivity index (χ0n) is 15.5. The molecule has 1 aromatic carbocycles. The number of aromatic nitrogens is 2. The van der Waals surface area contributed by atoms with Crippen LogP contribution in [0.3, 0.4) is 0 Å². The molecule has 0 fully saturated rings. The van der Waals surface area contributed by atoms with Crippen LogP contribution in [0.15, 0.2) is 48.8 Å². The van der Waals surface area contributed by atoms with Gasteiger partial charge in [0, 0.05) is 40.8 Å². The standard InChI is InChI=1S/C21H24F3N3/c1-14-16-7-3-4-8-17(16)27-18(14)12-19(21(22,23)24)20(2,9-10-25)15-6-5-11-26-13-15/h3-8,11,13,19,27H,9-10,12,25H2,1-2H3. The number of aryl methyl sites for hydroxylation is 1. The number of H-pyrrole nitrogens is 1. The molecular weight excluding hydrogens is 351 g/mol. The Morgan fingerprint density at radius 2 is 1.89 bits per heavy atom. The van der Waals surface area contributed by atoms with E-state index >= 15 is 0 Å². The van der Waals surface area contributed by atoms with Crippen LogP contribution < -0.4 is 5.73 Å². The molecule has 3 aromatic rings. The maximum atomic E-state index is 14.2. The van der Waals surface area contributed by atoms with Crippen molar-refractivity contribution in [2.24, 2.45) is 11.7 Å². The van der Waals surface area contributed by atoms with Gasteiger partial charge in [-0.05, 0) is 43.1 Å². The van der Waals surface area contributed by atoms with E-state index in [2.05, 4.69) is 9.97 Å². The Morgan fingerprint density at radius 1 is 1.15 bits per heavy atom. The number of hydrogen-bond donors (Lipinski definition) is 2. The molecule has 0 radical (unpaired) electrons. The lowest BCUT2D eigenvalue weighted by Crippen LogP contribution is -2.44. The summed E-state index contributed by atoms with van der Waals surface area (Å²) in [4.78, 5) is 7.23. The fourth-order valence-electron chi connectivity index (χ4n) is 3.97. The molecule has 6 heteroatoms. The second-order valence-electron chi connectivity index (χ2n) is 7.27. The maximum absolute atomic E-state index is 14.2. The number of nitrogens with two attached hydrogens (primary N) is 1. The van der Waals surface area contributed by atoms with E-state index in [1.807, 2.05) is 31.2 Å². The van der Waals surface area contributed by atoms with Gasteiger partial charge in [-0.15, -0.1) is 0 Å². The number of benzene rings is 1. The summed E-state index contributed by atoms with van der Waals surface area (Å²) in [5, 5.41) is 0.954. The van der Waals surface area contributed by atoms with Crippen LogP contribution in [-0.4, -0.2) is 22.7 Å². The van der Waals surface area contributed by atoms with Crippen LogP contribution in [0.1, 0.15) is 30.2 Å². The van der Waals surface area contributed by atoms with Crippen molar-refractivity contribution in [3.8, 4) is 0 Å². The minimum Gasteiger partial charge on any atom is -0.358 e. The van der Waals surface area contributed by atoms with Crippen molar-refractivity contribution in [1.29, 1.82) is 0 Å². The van der Waals surface area contributed by atoms with Crippen LogP contribution >= 0.6 is 0 Å². The summed E-state index contributed by atoms with van der Waals surface area (Å²) in [5.74, 6) is -1.58. The number of rotatable bonds is 6. The summed E-state index contributed by atoms with van der Waals surface area (Å²) in [5.41, 5.74) is 7.45. The first-order valence-corrected chi connectivity index (χ1v) is 9.01. The smallest absolute Gasteiger partial charge is 0.358 e. The third kappa shape index (κ3) is 3.72. The number of halogens is 3. The monoisotopic (exact) mass is 375 g/mol. The highest BCUT2D eigenvalue weighted by Gasteiger charge is 2.51. The van der Waals surface area contributed by atoms with Gasteiger partial charge in [-0.25, -0.2) is 0 Å². The second-order valence-corrected chi connectivity index (χ2v) is 7.27. The molecule has 0 spiro atoms. The summed E-state index contributed by atoms with van der Waals surface area (Å²) in [6.45, 7) is 3.68. The van der Waals surface area contributed by atoms with Crippen molar-refractivity contribution >= 4 is 10.9 Å². The van der Waals surface area contributed by atoms with Gasteiger partial charge in [0.05, 0.1) is 5.92 Å². The molecule has 3 nitrogen and oxygen atoms in total. The number of aromatic amines is 1. The number of hydrogen-bond acceptors (Lipinski definition) is 2. The van der Waals surface area contributed by atoms with Crippen LogP contribution in [0.2, 0.25) is 0 Å². The number of alkyl halides is 3. The van der Waals surface area contributed by atoms with E-state index in [4.69, 9.17) is 5.73 Å². The van der Waals surface area contributed by atoms with E-state index in [0.29, 0.717) is 11.3 Å². The third-order valence-corrected chi connectivity index (χ3v) is 5.63. The van der Waals surface area contributed by atoms with Gasteiger partial charge < -0.3 is 10.7 Å². The average molecular weight is 375 g/mol. The molecule has 27 heavy (non-hydrogen) atoms. The van der Waals surface area contributed by atoms with E-state index in [1.165, 1.54) is 6.20 Å². The first kappa shape index (κ1) is 19.4. The van der Waals surface area contributed by atoms with Crippen LogP contribution in [0.25, 0.3) is 10.9 Å². The van der Waals surface area contributed by atoms with Crippen molar-refractivity contribution in [2.45, 2.75) is 38.3 Å². The van der Waals surface area contributed by atoms with E-state index in [0.717, 1.165) is 16.5 Å². The zero-order chi connectivity index (χ0) is 19.7. The molecule has 0 saturated heterocycles. The normalized spacial score (nSPS) is 15.6. The Morgan fingerprint density at radius 3 is 2.48 bits per heavy atom. The number of para-hydroxylation sites is 1. The Labute approximate surface area is 156 Å². The van der Waals surface area contributed by atoms with Crippen molar-refractivity contribution < 1.29 is 13.2 Å². The topological polar surface area (TPSA) is 54.7 Å². The first-order valence-electron chi connectivity index (χ1n) is 9.01. The average Bonchev–Trinajstić information content (AvgIpc) is 2.96. The van der Waals surface area contributed by atoms with Gasteiger partial charge in [0.15, 0.2) is 0 Å². The lowest BCUT2D eigenvalue weighted by molar-refractivity contribution is -0.193. The SMILES string of the molecule is Cc1c(CC(C(F)(F)F)C(C)(CCN)c2cccnc2)[nH]c2ccccc12. The minimum atomic E-state index is -4.37. The van der Waals surface area contributed by atoms with Crippen molar-refractivity contribution in [3.05, 3.63) is 65.6 Å². The second kappa shape index (κ2) is 7.35. The van der Waals surface area contributed by atoms with E-state index in [-0.39, 0.29) is 19.4 Å². The molecule has 3 rings (SSSR count). The van der Waals surface area contributed by atoms with E-state index in [1.54, 1.807) is 25.3 Å². The third-order valence-electron chi connectivity index (χ3n) is 5.63. The first-order chi connectivity index (χ1) is 12.8. The Balaban J connectivity index is 2.08. The lowest BCUT2D eigenvalue weighted by atomic mass is 9.67. The van der Waals surface area contributed by atoms with Crippen molar-refractivity contribution in [1.82, 2.24) is 9.97 Å². The van der Waals surface area contributed by atoms with E-state index < -0.39 is 17.5 Å². The fraction of sp³-hybridized carbons (Fsp3) is 0.381.